The lowest BCUT2D eigenvalue weighted by molar-refractivity contribution is 0.0693. The number of ether oxygens (including phenoxy) is 2. The van der Waals surface area contributed by atoms with E-state index in [-0.39, 0.29) is 0 Å². The molecule has 0 radical (unpaired) electrons. The van der Waals surface area contributed by atoms with Crippen LogP contribution in [0.25, 0.3) is 0 Å². The van der Waals surface area contributed by atoms with Gasteiger partial charge in [-0.3, -0.25) is 0 Å². The van der Waals surface area contributed by atoms with E-state index in [0.717, 1.165) is 25.0 Å². The minimum atomic E-state index is 0.703. The number of halogens is 1. The van der Waals surface area contributed by atoms with Crippen LogP contribution in [0.15, 0.2) is 0 Å². The fourth-order valence-electron chi connectivity index (χ4n) is 0.543. The van der Waals surface area contributed by atoms with E-state index in [1.807, 2.05) is 0 Å². The first-order valence-corrected chi connectivity index (χ1v) is 4.66. The minimum Gasteiger partial charge on any atom is -0.382 e. The summed E-state index contributed by atoms with van der Waals surface area (Å²) in [5.41, 5.74) is 0. The summed E-state index contributed by atoms with van der Waals surface area (Å²) in [7, 11) is 1.68. The van der Waals surface area contributed by atoms with Crippen molar-refractivity contribution in [2.45, 2.75) is 12.8 Å². The molecule has 0 N–H and O–H groups in total. The summed E-state index contributed by atoms with van der Waals surface area (Å²) in [6, 6.07) is 0. The first kappa shape index (κ1) is 10.4. The van der Waals surface area contributed by atoms with Crippen LogP contribution in [0, 0.1) is 0 Å². The quantitative estimate of drug-likeness (QED) is 0.472. The van der Waals surface area contributed by atoms with Crippen LogP contribution in [0.2, 0.25) is 0 Å². The molecule has 0 bridgehead atoms. The molecule has 2 nitrogen and oxygen atoms in total. The van der Waals surface area contributed by atoms with Gasteiger partial charge in [0.1, 0.15) is 0 Å². The summed E-state index contributed by atoms with van der Waals surface area (Å²) in [4.78, 5) is 0. The molecular formula is C7H15BrO2. The molecule has 10 heavy (non-hydrogen) atoms. The van der Waals surface area contributed by atoms with Crippen molar-refractivity contribution in [1.82, 2.24) is 0 Å². The summed E-state index contributed by atoms with van der Waals surface area (Å²) in [6.45, 7) is 2.28. The third-order valence-electron chi connectivity index (χ3n) is 1.10. The molecule has 0 aliphatic heterocycles. The predicted molar refractivity (Wildman–Crippen MR) is 45.7 cm³/mol. The summed E-state index contributed by atoms with van der Waals surface area (Å²) < 4.78 is 10.0. The van der Waals surface area contributed by atoms with Crippen molar-refractivity contribution in [3.63, 3.8) is 0 Å². The van der Waals surface area contributed by atoms with Crippen LogP contribution in [0.3, 0.4) is 0 Å². The Morgan fingerprint density at radius 1 is 1.10 bits per heavy atom. The van der Waals surface area contributed by atoms with E-state index in [2.05, 4.69) is 15.9 Å². The predicted octanol–water partition coefficient (Wildman–Crippen LogP) is 1.82. The zero-order valence-corrected chi connectivity index (χ0v) is 8.02. The molecule has 0 aliphatic carbocycles. The Labute approximate surface area is 71.0 Å². The second-order valence-corrected chi connectivity index (χ2v) is 2.79. The molecule has 0 aromatic heterocycles. The van der Waals surface area contributed by atoms with E-state index in [9.17, 15) is 0 Å². The Bertz CT molecular complexity index is 51.6. The van der Waals surface area contributed by atoms with Gasteiger partial charge in [-0.2, -0.15) is 0 Å². The minimum absolute atomic E-state index is 0.703. The van der Waals surface area contributed by atoms with Crippen LogP contribution in [0.4, 0.5) is 0 Å². The monoisotopic (exact) mass is 210 g/mol. The van der Waals surface area contributed by atoms with E-state index >= 15 is 0 Å². The topological polar surface area (TPSA) is 18.5 Å². The summed E-state index contributed by atoms with van der Waals surface area (Å²) in [5.74, 6) is 0. The Hall–Kier alpha value is 0.400. The number of alkyl halides is 1. The van der Waals surface area contributed by atoms with E-state index in [1.165, 1.54) is 6.42 Å². The fraction of sp³-hybridized carbons (Fsp3) is 1.00. The standard InChI is InChI=1S/C7H15BrO2/c1-9-6-7-10-5-3-2-4-8/h2-7H2,1H3. The van der Waals surface area contributed by atoms with Gasteiger partial charge >= 0.3 is 0 Å². The smallest absolute Gasteiger partial charge is 0.0700 e. The molecule has 0 aliphatic rings. The zero-order valence-electron chi connectivity index (χ0n) is 6.44. The number of unbranched alkanes of at least 4 members (excludes halogenated alkanes) is 1. The lowest BCUT2D eigenvalue weighted by atomic mass is 10.4. The molecule has 0 saturated carbocycles. The van der Waals surface area contributed by atoms with Gasteiger partial charge in [-0.15, -0.1) is 0 Å². The van der Waals surface area contributed by atoms with Gasteiger partial charge < -0.3 is 9.47 Å². The van der Waals surface area contributed by atoms with Gasteiger partial charge in [0.2, 0.25) is 0 Å². The van der Waals surface area contributed by atoms with Gasteiger partial charge in [-0.05, 0) is 12.8 Å². The van der Waals surface area contributed by atoms with E-state index in [0.29, 0.717) is 6.61 Å². The first-order valence-electron chi connectivity index (χ1n) is 3.54. The van der Waals surface area contributed by atoms with Crippen LogP contribution in [0.5, 0.6) is 0 Å². The van der Waals surface area contributed by atoms with Gasteiger partial charge in [-0.25, -0.2) is 0 Å². The second-order valence-electron chi connectivity index (χ2n) is 2.00. The normalized spacial score (nSPS) is 10.2. The highest BCUT2D eigenvalue weighted by molar-refractivity contribution is 9.09. The van der Waals surface area contributed by atoms with Crippen molar-refractivity contribution in [2.24, 2.45) is 0 Å². The summed E-state index contributed by atoms with van der Waals surface area (Å²) >= 11 is 3.35. The van der Waals surface area contributed by atoms with E-state index in [1.54, 1.807) is 7.11 Å². The molecule has 0 heterocycles. The molecular weight excluding hydrogens is 196 g/mol. The maximum atomic E-state index is 5.23. The number of rotatable bonds is 7. The van der Waals surface area contributed by atoms with Crippen LogP contribution in [0.1, 0.15) is 12.8 Å². The summed E-state index contributed by atoms with van der Waals surface area (Å²) in [6.07, 6.45) is 2.32. The van der Waals surface area contributed by atoms with Crippen LogP contribution < -0.4 is 0 Å². The van der Waals surface area contributed by atoms with Crippen molar-refractivity contribution >= 4 is 15.9 Å². The van der Waals surface area contributed by atoms with Gasteiger partial charge in [0.25, 0.3) is 0 Å². The zero-order chi connectivity index (χ0) is 7.66. The first-order chi connectivity index (χ1) is 4.91. The van der Waals surface area contributed by atoms with E-state index in [4.69, 9.17) is 9.47 Å². The Balaban J connectivity index is 2.65. The number of hydrogen-bond donors (Lipinski definition) is 0. The lowest BCUT2D eigenvalue weighted by Gasteiger charge is -2.00. The highest BCUT2D eigenvalue weighted by Crippen LogP contribution is 1.93. The van der Waals surface area contributed by atoms with Gasteiger partial charge in [0, 0.05) is 19.0 Å². The molecule has 0 fully saturated rings. The van der Waals surface area contributed by atoms with Crippen molar-refractivity contribution in [1.29, 1.82) is 0 Å². The molecule has 0 unspecified atom stereocenters. The molecule has 0 rings (SSSR count). The van der Waals surface area contributed by atoms with Crippen molar-refractivity contribution in [3.8, 4) is 0 Å². The average molecular weight is 211 g/mol. The van der Waals surface area contributed by atoms with Crippen LogP contribution in [-0.2, 0) is 9.47 Å². The molecule has 0 aromatic carbocycles. The van der Waals surface area contributed by atoms with Gasteiger partial charge in [-0.1, -0.05) is 15.9 Å². The van der Waals surface area contributed by atoms with Crippen molar-refractivity contribution in [2.75, 3.05) is 32.3 Å². The maximum absolute atomic E-state index is 5.23. The second kappa shape index (κ2) is 9.40. The lowest BCUT2D eigenvalue weighted by Crippen LogP contribution is -2.02. The number of hydrogen-bond acceptors (Lipinski definition) is 2. The highest BCUT2D eigenvalue weighted by atomic mass is 79.9. The Morgan fingerprint density at radius 2 is 1.90 bits per heavy atom. The third kappa shape index (κ3) is 8.40. The molecule has 0 atom stereocenters. The van der Waals surface area contributed by atoms with Gasteiger partial charge in [0.05, 0.1) is 13.2 Å². The van der Waals surface area contributed by atoms with Crippen molar-refractivity contribution < 1.29 is 9.47 Å². The molecule has 0 aromatic rings. The Kier molecular flexibility index (Phi) is 9.78. The molecule has 62 valence electrons. The van der Waals surface area contributed by atoms with E-state index < -0.39 is 0 Å². The van der Waals surface area contributed by atoms with Gasteiger partial charge in [0.15, 0.2) is 0 Å². The van der Waals surface area contributed by atoms with Crippen LogP contribution >= 0.6 is 15.9 Å². The summed E-state index contributed by atoms with van der Waals surface area (Å²) in [5, 5.41) is 1.07. The third-order valence-corrected chi connectivity index (χ3v) is 1.66. The van der Waals surface area contributed by atoms with Crippen LogP contribution in [-0.4, -0.2) is 32.3 Å². The number of methoxy groups -OCH3 is 1. The molecule has 0 amide bonds. The van der Waals surface area contributed by atoms with Crippen molar-refractivity contribution in [3.05, 3.63) is 0 Å². The average Bonchev–Trinajstić information content (AvgIpc) is 1.97. The molecule has 0 spiro atoms. The Morgan fingerprint density at radius 3 is 2.50 bits per heavy atom. The molecule has 0 saturated heterocycles. The largest absolute Gasteiger partial charge is 0.382 e. The highest BCUT2D eigenvalue weighted by Gasteiger charge is 1.87. The fourth-order valence-corrected chi connectivity index (χ4v) is 0.939. The maximum Gasteiger partial charge on any atom is 0.0700 e. The SMILES string of the molecule is COCCOCCCCBr. The molecule has 3 heteroatoms.